The molecule has 0 spiro atoms. The number of hydrogen-bond donors (Lipinski definition) is 2. The molecule has 4 rings (SSSR count). The van der Waals surface area contributed by atoms with Crippen LogP contribution in [0.25, 0.3) is 33.3 Å². The Labute approximate surface area is 207 Å². The summed E-state index contributed by atoms with van der Waals surface area (Å²) in [6.07, 6.45) is 5.93. The lowest BCUT2D eigenvalue weighted by molar-refractivity contribution is 0.0893. The smallest absolute Gasteiger partial charge is 0.255 e. The monoisotopic (exact) mass is 491 g/mol. The molecule has 0 aliphatic rings. The molecule has 0 atom stereocenters. The topological polar surface area (TPSA) is 101 Å². The average molecular weight is 492 g/mol. The van der Waals surface area contributed by atoms with E-state index in [0.29, 0.717) is 11.2 Å². The number of fused-ring (bicyclic) bond motifs is 2. The number of allylic oxidation sites excluding steroid dienone is 4. The van der Waals surface area contributed by atoms with E-state index in [9.17, 15) is 13.6 Å². The van der Waals surface area contributed by atoms with E-state index in [0.717, 1.165) is 38.9 Å². The number of amides is 1. The second kappa shape index (κ2) is 10.2. The van der Waals surface area contributed by atoms with E-state index < -0.39 is 18.9 Å². The maximum Gasteiger partial charge on any atom is 0.255 e. The SMILES string of the molecule is C/C=C(C)/C(=C(/C)N(C)N)c1cnc2nccc(-c3ccn4ncc(C(=O)NCC(F)F)c4c3)c2c1. The normalized spacial score (nSPS) is 12.8. The van der Waals surface area contributed by atoms with Gasteiger partial charge in [-0.25, -0.2) is 29.1 Å². The molecule has 0 fully saturated rings. The van der Waals surface area contributed by atoms with Crippen LogP contribution in [0, 0.1) is 0 Å². The molecule has 0 bridgehead atoms. The Balaban J connectivity index is 1.86. The van der Waals surface area contributed by atoms with Crippen molar-refractivity contribution < 1.29 is 13.6 Å². The second-order valence-electron chi connectivity index (χ2n) is 8.40. The Kier molecular flexibility index (Phi) is 7.07. The molecule has 0 aliphatic carbocycles. The van der Waals surface area contributed by atoms with Gasteiger partial charge in [0, 0.05) is 47.9 Å². The Morgan fingerprint density at radius 3 is 2.69 bits per heavy atom. The highest BCUT2D eigenvalue weighted by molar-refractivity contribution is 6.02. The quantitative estimate of drug-likeness (QED) is 0.225. The Morgan fingerprint density at radius 1 is 1.22 bits per heavy atom. The number of hydrogen-bond acceptors (Lipinski definition) is 6. The van der Waals surface area contributed by atoms with E-state index in [4.69, 9.17) is 5.84 Å². The van der Waals surface area contributed by atoms with Crippen LogP contribution in [0.5, 0.6) is 0 Å². The Bertz CT molecular complexity index is 1500. The van der Waals surface area contributed by atoms with Gasteiger partial charge in [0.05, 0.1) is 23.8 Å². The highest BCUT2D eigenvalue weighted by atomic mass is 19.3. The molecule has 0 aliphatic heterocycles. The number of carbonyl (C=O) groups excluding carboxylic acids is 1. The zero-order chi connectivity index (χ0) is 26.0. The molecule has 0 aromatic carbocycles. The minimum atomic E-state index is -2.64. The first kappa shape index (κ1) is 24.9. The molecular formula is C26H27F2N7O. The lowest BCUT2D eigenvalue weighted by Gasteiger charge is -2.20. The molecule has 0 radical (unpaired) electrons. The summed E-state index contributed by atoms with van der Waals surface area (Å²) in [4.78, 5) is 21.5. The molecular weight excluding hydrogens is 464 g/mol. The largest absolute Gasteiger partial charge is 0.346 e. The van der Waals surface area contributed by atoms with Crippen molar-refractivity contribution in [3.63, 3.8) is 0 Å². The van der Waals surface area contributed by atoms with Crippen molar-refractivity contribution in [2.24, 2.45) is 5.84 Å². The van der Waals surface area contributed by atoms with Crippen LogP contribution < -0.4 is 11.2 Å². The van der Waals surface area contributed by atoms with Crippen LogP contribution in [0.4, 0.5) is 8.78 Å². The van der Waals surface area contributed by atoms with Crippen LogP contribution in [-0.4, -0.2) is 50.5 Å². The fourth-order valence-electron chi connectivity index (χ4n) is 4.05. The number of nitrogens with one attached hydrogen (secondary N) is 1. The first-order chi connectivity index (χ1) is 17.2. The third-order valence-electron chi connectivity index (χ3n) is 6.10. The van der Waals surface area contributed by atoms with Crippen molar-refractivity contribution in [1.29, 1.82) is 0 Å². The lowest BCUT2D eigenvalue weighted by Crippen LogP contribution is -2.28. The van der Waals surface area contributed by atoms with Crippen LogP contribution in [0.2, 0.25) is 0 Å². The number of rotatable bonds is 7. The highest BCUT2D eigenvalue weighted by Crippen LogP contribution is 2.33. The third-order valence-corrected chi connectivity index (χ3v) is 6.10. The van der Waals surface area contributed by atoms with Crippen LogP contribution >= 0.6 is 0 Å². The van der Waals surface area contributed by atoms with Crippen LogP contribution in [0.1, 0.15) is 36.7 Å². The Morgan fingerprint density at radius 2 is 2.00 bits per heavy atom. The molecule has 4 aromatic heterocycles. The van der Waals surface area contributed by atoms with E-state index in [1.165, 1.54) is 10.7 Å². The Hall–Kier alpha value is -4.18. The summed E-state index contributed by atoms with van der Waals surface area (Å²) in [5, 5.41) is 8.81. The van der Waals surface area contributed by atoms with Gasteiger partial charge in [-0.15, -0.1) is 0 Å². The summed E-state index contributed by atoms with van der Waals surface area (Å²) in [6, 6.07) is 7.57. The molecule has 0 saturated heterocycles. The molecule has 4 aromatic rings. The predicted molar refractivity (Wildman–Crippen MR) is 136 cm³/mol. The summed E-state index contributed by atoms with van der Waals surface area (Å²) >= 11 is 0. The number of pyridine rings is 3. The maximum absolute atomic E-state index is 12.6. The van der Waals surface area contributed by atoms with Gasteiger partial charge < -0.3 is 10.3 Å². The summed E-state index contributed by atoms with van der Waals surface area (Å²) in [6.45, 7) is 5.21. The second-order valence-corrected chi connectivity index (χ2v) is 8.40. The number of alkyl halides is 2. The number of nitrogens with two attached hydrogens (primary N) is 1. The number of halogens is 2. The number of nitrogens with zero attached hydrogens (tertiary/aromatic N) is 5. The van der Waals surface area contributed by atoms with Crippen molar-refractivity contribution in [3.8, 4) is 11.1 Å². The van der Waals surface area contributed by atoms with Gasteiger partial charge in [-0.1, -0.05) is 6.08 Å². The highest BCUT2D eigenvalue weighted by Gasteiger charge is 2.17. The first-order valence-electron chi connectivity index (χ1n) is 11.3. The van der Waals surface area contributed by atoms with Crippen molar-refractivity contribution in [2.45, 2.75) is 27.2 Å². The van der Waals surface area contributed by atoms with Gasteiger partial charge in [0.1, 0.15) is 0 Å². The number of carbonyl (C=O) groups is 1. The summed E-state index contributed by atoms with van der Waals surface area (Å²) in [5.41, 5.74) is 6.73. The van der Waals surface area contributed by atoms with Crippen LogP contribution in [0.15, 0.2) is 66.4 Å². The zero-order valence-electron chi connectivity index (χ0n) is 20.5. The predicted octanol–water partition coefficient (Wildman–Crippen LogP) is 4.44. The fraction of sp³-hybridized carbons (Fsp3) is 0.231. The standard InChI is InChI=1S/C26H27F2N7O/c1-5-15(2)24(16(3)34(4)29)18-10-20-19(6-8-30-25(20)31-12-18)17-7-9-35-22(11-17)21(13-33-35)26(36)32-14-23(27)28/h5-13,23H,14,29H2,1-4H3,(H,32,36)/b15-5+,24-16+. The molecule has 8 nitrogen and oxygen atoms in total. The maximum atomic E-state index is 12.6. The van der Waals surface area contributed by atoms with Crippen LogP contribution in [0.3, 0.4) is 0 Å². The first-order valence-corrected chi connectivity index (χ1v) is 11.3. The van der Waals surface area contributed by atoms with Gasteiger partial charge in [0.15, 0.2) is 5.65 Å². The van der Waals surface area contributed by atoms with Crippen molar-refractivity contribution in [3.05, 3.63) is 77.5 Å². The average Bonchev–Trinajstić information content (AvgIpc) is 3.30. The summed E-state index contributed by atoms with van der Waals surface area (Å²) < 4.78 is 26.7. The molecule has 1 amide bonds. The van der Waals surface area contributed by atoms with Crippen LogP contribution in [-0.2, 0) is 0 Å². The molecule has 0 unspecified atom stereocenters. The van der Waals surface area contributed by atoms with Crippen molar-refractivity contribution in [1.82, 2.24) is 29.9 Å². The van der Waals surface area contributed by atoms with Gasteiger partial charge in [0.2, 0.25) is 0 Å². The van der Waals surface area contributed by atoms with Gasteiger partial charge in [-0.05, 0) is 61.7 Å². The molecule has 36 heavy (non-hydrogen) atoms. The van der Waals surface area contributed by atoms with E-state index >= 15 is 0 Å². The number of hydrazine groups is 1. The zero-order valence-corrected chi connectivity index (χ0v) is 20.5. The molecule has 10 heteroatoms. The summed E-state index contributed by atoms with van der Waals surface area (Å²) in [5.74, 6) is 5.45. The molecule has 186 valence electrons. The van der Waals surface area contributed by atoms with Gasteiger partial charge in [-0.2, -0.15) is 5.10 Å². The van der Waals surface area contributed by atoms with E-state index in [1.54, 1.807) is 36.7 Å². The van der Waals surface area contributed by atoms with Crippen molar-refractivity contribution >= 4 is 28.0 Å². The van der Waals surface area contributed by atoms with E-state index in [2.05, 4.69) is 20.4 Å². The van der Waals surface area contributed by atoms with Gasteiger partial charge in [-0.3, -0.25) is 4.79 Å². The minimum absolute atomic E-state index is 0.213. The number of aromatic nitrogens is 4. The van der Waals surface area contributed by atoms with Gasteiger partial charge >= 0.3 is 0 Å². The summed E-state index contributed by atoms with van der Waals surface area (Å²) in [7, 11) is 1.79. The van der Waals surface area contributed by atoms with E-state index in [-0.39, 0.29) is 5.56 Å². The molecule has 4 heterocycles. The molecule has 3 N–H and O–H groups in total. The fourth-order valence-corrected chi connectivity index (χ4v) is 4.05. The lowest BCUT2D eigenvalue weighted by atomic mass is 9.95. The van der Waals surface area contributed by atoms with Crippen molar-refractivity contribution in [2.75, 3.05) is 13.6 Å². The third kappa shape index (κ3) is 4.80. The van der Waals surface area contributed by atoms with E-state index in [1.807, 2.05) is 45.0 Å². The molecule has 0 saturated carbocycles. The van der Waals surface area contributed by atoms with Gasteiger partial charge in [0.25, 0.3) is 12.3 Å². The minimum Gasteiger partial charge on any atom is -0.346 e.